The van der Waals surface area contributed by atoms with Crippen LogP contribution in [0.5, 0.6) is 0 Å². The molecular weight excluding hydrogens is 252 g/mol. The summed E-state index contributed by atoms with van der Waals surface area (Å²) in [4.78, 5) is 23.4. The van der Waals surface area contributed by atoms with Crippen molar-refractivity contribution >= 4 is 11.8 Å². The lowest BCUT2D eigenvalue weighted by atomic mass is 9.49. The fourth-order valence-corrected chi connectivity index (χ4v) is 5.72. The van der Waals surface area contributed by atoms with Crippen LogP contribution in [0.15, 0.2) is 0 Å². The summed E-state index contributed by atoms with van der Waals surface area (Å²) in [5.74, 6) is 2.73. The first kappa shape index (κ1) is 12.7. The Morgan fingerprint density at radius 1 is 1.15 bits per heavy atom. The molecule has 0 aromatic rings. The van der Waals surface area contributed by atoms with Crippen LogP contribution < -0.4 is 10.6 Å². The Hall–Kier alpha value is -1.06. The summed E-state index contributed by atoms with van der Waals surface area (Å²) >= 11 is 0. The minimum Gasteiger partial charge on any atom is -0.355 e. The first-order valence-corrected chi connectivity index (χ1v) is 8.16. The predicted molar refractivity (Wildman–Crippen MR) is 74.7 cm³/mol. The van der Waals surface area contributed by atoms with Gasteiger partial charge in [-0.1, -0.05) is 0 Å². The predicted octanol–water partition coefficient (Wildman–Crippen LogP) is 1.46. The monoisotopic (exact) mass is 276 g/mol. The molecule has 1 atom stereocenters. The third kappa shape index (κ3) is 2.13. The van der Waals surface area contributed by atoms with Gasteiger partial charge in [0.25, 0.3) is 0 Å². The Kier molecular flexibility index (Phi) is 2.83. The van der Waals surface area contributed by atoms with Crippen LogP contribution in [0.25, 0.3) is 0 Å². The Balaban J connectivity index is 1.37. The Labute approximate surface area is 120 Å². The highest BCUT2D eigenvalue weighted by molar-refractivity contribution is 5.89. The van der Waals surface area contributed by atoms with Crippen molar-refractivity contribution in [2.75, 3.05) is 13.1 Å². The highest BCUT2D eigenvalue weighted by Crippen LogP contribution is 2.59. The Morgan fingerprint density at radius 3 is 2.25 bits per heavy atom. The van der Waals surface area contributed by atoms with E-state index in [-0.39, 0.29) is 17.7 Å². The van der Waals surface area contributed by atoms with Gasteiger partial charge in [-0.15, -0.1) is 0 Å². The minimum absolute atomic E-state index is 0.0138. The van der Waals surface area contributed by atoms with Gasteiger partial charge in [-0.3, -0.25) is 9.59 Å². The highest BCUT2D eigenvalue weighted by atomic mass is 16.2. The molecule has 4 nitrogen and oxygen atoms in total. The van der Waals surface area contributed by atoms with Gasteiger partial charge < -0.3 is 10.6 Å². The zero-order valence-corrected chi connectivity index (χ0v) is 12.0. The van der Waals surface area contributed by atoms with Crippen molar-refractivity contribution in [3.8, 4) is 0 Å². The topological polar surface area (TPSA) is 58.2 Å². The van der Waals surface area contributed by atoms with Crippen LogP contribution in [0.4, 0.5) is 0 Å². The van der Waals surface area contributed by atoms with E-state index in [0.717, 1.165) is 24.3 Å². The summed E-state index contributed by atoms with van der Waals surface area (Å²) in [6.07, 6.45) is 8.65. The van der Waals surface area contributed by atoms with Gasteiger partial charge in [0.15, 0.2) is 0 Å². The number of hydrogen-bond acceptors (Lipinski definition) is 2. The molecule has 1 saturated heterocycles. The van der Waals surface area contributed by atoms with Crippen LogP contribution in [0.1, 0.15) is 44.9 Å². The van der Waals surface area contributed by atoms with Gasteiger partial charge in [-0.2, -0.15) is 0 Å². The molecule has 4 bridgehead atoms. The standard InChI is InChI=1S/C16H24N2O2/c19-14-4-13(8-17-14)15(20)18-9-16-5-10-1-11(6-16)3-12(2-10)7-16/h10-13H,1-9H2,(H,17,19)(H,18,20). The van der Waals surface area contributed by atoms with Crippen molar-refractivity contribution in [1.29, 1.82) is 0 Å². The fourth-order valence-electron chi connectivity index (χ4n) is 5.72. The molecule has 0 aromatic heterocycles. The molecule has 0 radical (unpaired) electrons. The largest absolute Gasteiger partial charge is 0.355 e. The number of carbonyl (C=O) groups is 2. The van der Waals surface area contributed by atoms with E-state index < -0.39 is 0 Å². The molecule has 5 rings (SSSR count). The molecule has 5 aliphatic rings. The molecule has 4 saturated carbocycles. The number of hydrogen-bond donors (Lipinski definition) is 2. The molecule has 5 fully saturated rings. The second kappa shape index (κ2) is 4.47. The van der Waals surface area contributed by atoms with Crippen molar-refractivity contribution in [1.82, 2.24) is 10.6 Å². The van der Waals surface area contributed by atoms with Gasteiger partial charge in [0.2, 0.25) is 11.8 Å². The van der Waals surface area contributed by atoms with Gasteiger partial charge in [0, 0.05) is 19.5 Å². The van der Waals surface area contributed by atoms with E-state index in [9.17, 15) is 9.59 Å². The maximum atomic E-state index is 12.2. The number of nitrogens with one attached hydrogen (secondary N) is 2. The zero-order valence-electron chi connectivity index (χ0n) is 12.0. The van der Waals surface area contributed by atoms with Crippen molar-refractivity contribution < 1.29 is 9.59 Å². The second-order valence-electron chi connectivity index (χ2n) is 7.84. The summed E-state index contributed by atoms with van der Waals surface area (Å²) in [6, 6.07) is 0. The maximum Gasteiger partial charge on any atom is 0.225 e. The molecule has 0 spiro atoms. The normalized spacial score (nSPS) is 45.5. The molecular formula is C16H24N2O2. The summed E-state index contributed by atoms with van der Waals surface area (Å²) in [6.45, 7) is 1.37. The van der Waals surface area contributed by atoms with Crippen molar-refractivity contribution in [3.63, 3.8) is 0 Å². The molecule has 2 amide bonds. The fraction of sp³-hybridized carbons (Fsp3) is 0.875. The van der Waals surface area contributed by atoms with E-state index in [1.165, 1.54) is 38.5 Å². The third-order valence-corrected chi connectivity index (χ3v) is 6.15. The number of carbonyl (C=O) groups excluding carboxylic acids is 2. The van der Waals surface area contributed by atoms with E-state index in [2.05, 4.69) is 10.6 Å². The molecule has 4 aliphatic carbocycles. The van der Waals surface area contributed by atoms with Gasteiger partial charge in [0.1, 0.15) is 0 Å². The number of amides is 2. The van der Waals surface area contributed by atoms with E-state index in [1.807, 2.05) is 0 Å². The molecule has 20 heavy (non-hydrogen) atoms. The highest BCUT2D eigenvalue weighted by Gasteiger charge is 2.50. The number of rotatable bonds is 3. The second-order valence-corrected chi connectivity index (χ2v) is 7.84. The maximum absolute atomic E-state index is 12.2. The molecule has 2 N–H and O–H groups in total. The van der Waals surface area contributed by atoms with Crippen molar-refractivity contribution in [2.24, 2.45) is 29.1 Å². The molecule has 110 valence electrons. The van der Waals surface area contributed by atoms with Crippen LogP contribution in [-0.4, -0.2) is 24.9 Å². The van der Waals surface area contributed by atoms with E-state index in [1.54, 1.807) is 0 Å². The Bertz CT molecular complexity index is 410. The van der Waals surface area contributed by atoms with Crippen molar-refractivity contribution in [3.05, 3.63) is 0 Å². The summed E-state index contributed by atoms with van der Waals surface area (Å²) in [5, 5.41) is 5.92. The zero-order chi connectivity index (χ0) is 13.7. The first-order chi connectivity index (χ1) is 9.62. The average Bonchev–Trinajstić information content (AvgIpc) is 2.81. The molecule has 4 heteroatoms. The molecule has 0 aromatic carbocycles. The third-order valence-electron chi connectivity index (χ3n) is 6.15. The SMILES string of the molecule is O=C1CC(C(=O)NCC23CC4CC(CC(C4)C2)C3)CN1. The van der Waals surface area contributed by atoms with Crippen molar-refractivity contribution in [2.45, 2.75) is 44.9 Å². The molecule has 1 aliphatic heterocycles. The Morgan fingerprint density at radius 2 is 1.75 bits per heavy atom. The lowest BCUT2D eigenvalue weighted by molar-refractivity contribution is -0.128. The van der Waals surface area contributed by atoms with Gasteiger partial charge in [0.05, 0.1) is 5.92 Å². The van der Waals surface area contributed by atoms with Crippen LogP contribution in [0.2, 0.25) is 0 Å². The van der Waals surface area contributed by atoms with E-state index in [0.29, 0.717) is 18.4 Å². The van der Waals surface area contributed by atoms with E-state index in [4.69, 9.17) is 0 Å². The van der Waals surface area contributed by atoms with Crippen LogP contribution >= 0.6 is 0 Å². The van der Waals surface area contributed by atoms with E-state index >= 15 is 0 Å². The van der Waals surface area contributed by atoms with Gasteiger partial charge in [-0.05, 0) is 61.7 Å². The summed E-state index contributed by atoms with van der Waals surface area (Å²) in [7, 11) is 0. The van der Waals surface area contributed by atoms with Crippen LogP contribution in [-0.2, 0) is 9.59 Å². The lowest BCUT2D eigenvalue weighted by Gasteiger charge is -2.57. The van der Waals surface area contributed by atoms with Gasteiger partial charge >= 0.3 is 0 Å². The summed E-state index contributed by atoms with van der Waals surface area (Å²) in [5.41, 5.74) is 0.389. The van der Waals surface area contributed by atoms with Gasteiger partial charge in [-0.25, -0.2) is 0 Å². The lowest BCUT2D eigenvalue weighted by Crippen LogP contribution is -2.51. The average molecular weight is 276 g/mol. The smallest absolute Gasteiger partial charge is 0.225 e. The molecule has 1 unspecified atom stereocenters. The first-order valence-electron chi connectivity index (χ1n) is 8.16. The quantitative estimate of drug-likeness (QED) is 0.820. The minimum atomic E-state index is -0.142. The summed E-state index contributed by atoms with van der Waals surface area (Å²) < 4.78 is 0. The van der Waals surface area contributed by atoms with Crippen LogP contribution in [0.3, 0.4) is 0 Å². The molecule has 1 heterocycles. The van der Waals surface area contributed by atoms with Crippen LogP contribution in [0, 0.1) is 29.1 Å².